The zero-order chi connectivity index (χ0) is 18.3. The maximum absolute atomic E-state index is 12.9. The molecule has 0 saturated heterocycles. The summed E-state index contributed by atoms with van der Waals surface area (Å²) >= 11 is 0. The van der Waals surface area contributed by atoms with Crippen molar-refractivity contribution in [2.75, 3.05) is 5.32 Å². The third-order valence-corrected chi connectivity index (χ3v) is 4.51. The van der Waals surface area contributed by atoms with Crippen molar-refractivity contribution in [2.24, 2.45) is 0 Å². The van der Waals surface area contributed by atoms with Gasteiger partial charge in [-0.2, -0.15) is 0 Å². The number of hydrogen-bond acceptors (Lipinski definition) is 4. The molecule has 5 nitrogen and oxygen atoms in total. The van der Waals surface area contributed by atoms with Gasteiger partial charge in [-0.1, -0.05) is 42.5 Å². The third kappa shape index (κ3) is 2.65. The lowest BCUT2D eigenvalue weighted by molar-refractivity contribution is -0.143. The first kappa shape index (κ1) is 16.4. The molecule has 1 aromatic heterocycles. The van der Waals surface area contributed by atoms with Crippen molar-refractivity contribution in [2.45, 2.75) is 32.9 Å². The van der Waals surface area contributed by atoms with Crippen molar-refractivity contribution < 1.29 is 9.53 Å². The predicted molar refractivity (Wildman–Crippen MR) is 102 cm³/mol. The molecule has 0 spiro atoms. The number of aromatic nitrogens is 2. The van der Waals surface area contributed by atoms with Crippen LogP contribution in [-0.2, 0) is 9.53 Å². The van der Waals surface area contributed by atoms with Crippen molar-refractivity contribution in [3.8, 4) is 0 Å². The van der Waals surface area contributed by atoms with Gasteiger partial charge in [0.15, 0.2) is 0 Å². The van der Waals surface area contributed by atoms with E-state index in [0.29, 0.717) is 5.57 Å². The Bertz CT molecular complexity index is 1000. The summed E-state index contributed by atoms with van der Waals surface area (Å²) in [4.78, 5) is 17.6. The number of fused-ring (bicyclic) bond motifs is 3. The zero-order valence-corrected chi connectivity index (χ0v) is 15.1. The van der Waals surface area contributed by atoms with Crippen LogP contribution in [0.5, 0.6) is 0 Å². The van der Waals surface area contributed by atoms with Crippen molar-refractivity contribution in [3.63, 3.8) is 0 Å². The highest BCUT2D eigenvalue weighted by atomic mass is 16.5. The number of benzene rings is 2. The molecule has 3 aromatic rings. The first-order valence-electron chi connectivity index (χ1n) is 8.77. The Balaban J connectivity index is 1.95. The Morgan fingerprint density at radius 3 is 2.54 bits per heavy atom. The Labute approximate surface area is 152 Å². The van der Waals surface area contributed by atoms with Gasteiger partial charge in [0.2, 0.25) is 5.95 Å². The normalized spacial score (nSPS) is 16.5. The minimum atomic E-state index is -0.303. The molecule has 4 rings (SSSR count). The summed E-state index contributed by atoms with van der Waals surface area (Å²) in [5.74, 6) is 0.431. The molecule has 0 unspecified atom stereocenters. The number of hydrogen-bond donors (Lipinski definition) is 1. The molecule has 2 aromatic carbocycles. The highest BCUT2D eigenvalue weighted by molar-refractivity contribution is 5.94. The van der Waals surface area contributed by atoms with Gasteiger partial charge in [0.1, 0.15) is 0 Å². The first-order valence-corrected chi connectivity index (χ1v) is 8.77. The molecule has 0 fully saturated rings. The van der Waals surface area contributed by atoms with E-state index in [1.807, 2.05) is 75.4 Å². The monoisotopic (exact) mass is 347 g/mol. The topological polar surface area (TPSA) is 56.2 Å². The third-order valence-electron chi connectivity index (χ3n) is 4.51. The van der Waals surface area contributed by atoms with Crippen LogP contribution in [0.3, 0.4) is 0 Å². The van der Waals surface area contributed by atoms with E-state index in [9.17, 15) is 4.79 Å². The maximum atomic E-state index is 12.9. The Hall–Kier alpha value is -3.08. The van der Waals surface area contributed by atoms with Gasteiger partial charge in [0.05, 0.1) is 28.8 Å². The van der Waals surface area contributed by atoms with E-state index in [4.69, 9.17) is 9.72 Å². The van der Waals surface area contributed by atoms with Crippen LogP contribution in [0, 0.1) is 0 Å². The molecular formula is C21H21N3O2. The molecule has 0 radical (unpaired) electrons. The lowest BCUT2D eigenvalue weighted by atomic mass is 9.95. The van der Waals surface area contributed by atoms with Gasteiger partial charge in [0.25, 0.3) is 0 Å². The number of anilines is 1. The zero-order valence-electron chi connectivity index (χ0n) is 15.1. The van der Waals surface area contributed by atoms with E-state index in [-0.39, 0.29) is 18.1 Å². The van der Waals surface area contributed by atoms with Crippen LogP contribution < -0.4 is 5.32 Å². The SMILES string of the molecule is CC1=C(C(=O)OC(C)C)[C@H](c2ccccc2)n2c(nc3ccccc32)N1. The number of carbonyl (C=O) groups is 1. The second-order valence-electron chi connectivity index (χ2n) is 6.73. The predicted octanol–water partition coefficient (Wildman–Crippen LogP) is 4.28. The number of nitrogens with one attached hydrogen (secondary N) is 1. The molecule has 5 heteroatoms. The average Bonchev–Trinajstić information content (AvgIpc) is 2.98. The summed E-state index contributed by atoms with van der Waals surface area (Å²) in [6.07, 6.45) is -0.180. The first-order chi connectivity index (χ1) is 12.6. The Kier molecular flexibility index (Phi) is 3.99. The fourth-order valence-electron chi connectivity index (χ4n) is 3.46. The fraction of sp³-hybridized carbons (Fsp3) is 0.238. The molecule has 1 aliphatic heterocycles. The van der Waals surface area contributed by atoms with Gasteiger partial charge in [-0.05, 0) is 38.5 Å². The molecule has 1 N–H and O–H groups in total. The average molecular weight is 347 g/mol. The van der Waals surface area contributed by atoms with Gasteiger partial charge in [0, 0.05) is 5.70 Å². The number of allylic oxidation sites excluding steroid dienone is 1. The van der Waals surface area contributed by atoms with E-state index < -0.39 is 0 Å². The molecule has 1 atom stereocenters. The van der Waals surface area contributed by atoms with Crippen molar-refractivity contribution in [1.82, 2.24) is 9.55 Å². The highest BCUT2D eigenvalue weighted by Gasteiger charge is 2.35. The number of rotatable bonds is 3. The van der Waals surface area contributed by atoms with E-state index in [2.05, 4.69) is 9.88 Å². The summed E-state index contributed by atoms with van der Waals surface area (Å²) < 4.78 is 7.62. The molecular weight excluding hydrogens is 326 g/mol. The lowest BCUT2D eigenvalue weighted by Gasteiger charge is -2.30. The second-order valence-corrected chi connectivity index (χ2v) is 6.73. The van der Waals surface area contributed by atoms with Crippen molar-refractivity contribution >= 4 is 23.0 Å². The molecule has 2 heterocycles. The molecule has 26 heavy (non-hydrogen) atoms. The summed E-state index contributed by atoms with van der Waals surface area (Å²) in [5, 5.41) is 3.28. The minimum absolute atomic E-state index is 0.180. The van der Waals surface area contributed by atoms with E-state index in [0.717, 1.165) is 28.2 Å². The quantitative estimate of drug-likeness (QED) is 0.719. The Morgan fingerprint density at radius 1 is 1.12 bits per heavy atom. The summed E-state index contributed by atoms with van der Waals surface area (Å²) in [5.41, 5.74) is 4.27. The van der Waals surface area contributed by atoms with Gasteiger partial charge in [-0.15, -0.1) is 0 Å². The molecule has 132 valence electrons. The minimum Gasteiger partial charge on any atom is -0.459 e. The molecule has 0 amide bonds. The molecule has 0 saturated carbocycles. The van der Waals surface area contributed by atoms with Gasteiger partial charge in [-0.25, -0.2) is 9.78 Å². The molecule has 1 aliphatic rings. The summed E-state index contributed by atoms with van der Waals surface area (Å²) in [6, 6.07) is 17.7. The van der Waals surface area contributed by atoms with Crippen LogP contribution in [0.15, 0.2) is 65.9 Å². The van der Waals surface area contributed by atoms with Crippen LogP contribution >= 0.6 is 0 Å². The number of imidazole rings is 1. The van der Waals surface area contributed by atoms with Crippen LogP contribution in [-0.4, -0.2) is 21.6 Å². The van der Waals surface area contributed by atoms with Crippen LogP contribution in [0.25, 0.3) is 11.0 Å². The standard InChI is InChI=1S/C21H21N3O2/c1-13(2)26-20(25)18-14(3)22-21-23-16-11-7-8-12-17(16)24(21)19(18)15-9-5-4-6-10-15/h4-13,19H,1-3H3,(H,22,23)/t19-/m0/s1. The van der Waals surface area contributed by atoms with Crippen LogP contribution in [0.4, 0.5) is 5.95 Å². The smallest absolute Gasteiger partial charge is 0.338 e. The van der Waals surface area contributed by atoms with E-state index in [1.165, 1.54) is 0 Å². The largest absolute Gasteiger partial charge is 0.459 e. The van der Waals surface area contributed by atoms with E-state index >= 15 is 0 Å². The number of carbonyl (C=O) groups excluding carboxylic acids is 1. The van der Waals surface area contributed by atoms with E-state index in [1.54, 1.807) is 0 Å². The van der Waals surface area contributed by atoms with Gasteiger partial charge >= 0.3 is 5.97 Å². The fourth-order valence-corrected chi connectivity index (χ4v) is 3.46. The molecule has 0 bridgehead atoms. The van der Waals surface area contributed by atoms with Crippen LogP contribution in [0.2, 0.25) is 0 Å². The lowest BCUT2D eigenvalue weighted by Crippen LogP contribution is -2.29. The second kappa shape index (κ2) is 6.33. The van der Waals surface area contributed by atoms with Gasteiger partial charge < -0.3 is 10.1 Å². The summed E-state index contributed by atoms with van der Waals surface area (Å²) in [6.45, 7) is 5.62. The maximum Gasteiger partial charge on any atom is 0.338 e. The molecule has 0 aliphatic carbocycles. The van der Waals surface area contributed by atoms with Crippen molar-refractivity contribution in [3.05, 3.63) is 71.4 Å². The summed E-state index contributed by atoms with van der Waals surface area (Å²) in [7, 11) is 0. The number of nitrogens with zero attached hydrogens (tertiary/aromatic N) is 2. The highest BCUT2D eigenvalue weighted by Crippen LogP contribution is 2.39. The number of para-hydroxylation sites is 2. The van der Waals surface area contributed by atoms with Crippen molar-refractivity contribution in [1.29, 1.82) is 0 Å². The Morgan fingerprint density at radius 2 is 1.81 bits per heavy atom. The number of esters is 1. The number of ether oxygens (including phenoxy) is 1. The van der Waals surface area contributed by atoms with Gasteiger partial charge in [-0.3, -0.25) is 4.57 Å². The van der Waals surface area contributed by atoms with Crippen LogP contribution in [0.1, 0.15) is 32.4 Å².